The number of carbonyl (C=O) groups is 2. The van der Waals surface area contributed by atoms with Gasteiger partial charge in [0.2, 0.25) is 5.13 Å². The van der Waals surface area contributed by atoms with Gasteiger partial charge in [0.25, 0.3) is 0 Å². The third-order valence-electron chi connectivity index (χ3n) is 1.38. The zero-order chi connectivity index (χ0) is 12.1. The number of nitrogens with zero attached hydrogens (tertiary/aromatic N) is 2. The molecule has 0 aliphatic heterocycles. The van der Waals surface area contributed by atoms with Crippen molar-refractivity contribution in [3.8, 4) is 0 Å². The molecule has 0 aromatic carbocycles. The smallest absolute Gasteiger partial charge is 0.315 e. The van der Waals surface area contributed by atoms with Crippen molar-refractivity contribution in [1.82, 2.24) is 14.7 Å². The summed E-state index contributed by atoms with van der Waals surface area (Å²) in [5.74, 6) is -1.11. The van der Waals surface area contributed by atoms with Crippen molar-refractivity contribution < 1.29 is 9.59 Å². The molecule has 0 spiro atoms. The molecular weight excluding hydrogens is 250 g/mol. The number of aryl methyl sites for hydroxylation is 1. The van der Waals surface area contributed by atoms with E-state index < -0.39 is 11.8 Å². The average molecular weight is 259 g/mol. The summed E-state index contributed by atoms with van der Waals surface area (Å²) in [7, 11) is 0. The van der Waals surface area contributed by atoms with E-state index in [1.807, 2.05) is 0 Å². The second-order valence-corrected chi connectivity index (χ2v) is 4.03. The van der Waals surface area contributed by atoms with Crippen molar-refractivity contribution in [3.05, 3.63) is 5.82 Å². The molecule has 0 aliphatic rings. The molecule has 4 N–H and O–H groups in total. The van der Waals surface area contributed by atoms with Gasteiger partial charge in [-0.05, 0) is 6.92 Å². The average Bonchev–Trinajstić information content (AvgIpc) is 2.60. The van der Waals surface area contributed by atoms with E-state index in [9.17, 15) is 9.59 Å². The van der Waals surface area contributed by atoms with E-state index in [1.54, 1.807) is 6.92 Å². The Morgan fingerprint density at radius 2 is 2.19 bits per heavy atom. The molecule has 0 fully saturated rings. The highest BCUT2D eigenvalue weighted by Gasteiger charge is 2.15. The molecule has 16 heavy (non-hydrogen) atoms. The van der Waals surface area contributed by atoms with Gasteiger partial charge in [0.15, 0.2) is 0 Å². The molecule has 0 aliphatic carbocycles. The van der Waals surface area contributed by atoms with Crippen LogP contribution < -0.4 is 16.4 Å². The number of nitrogens with two attached hydrogens (primary N) is 1. The number of aromatic nitrogens is 2. The van der Waals surface area contributed by atoms with Gasteiger partial charge in [0.05, 0.1) is 11.5 Å². The molecule has 1 rings (SSSR count). The van der Waals surface area contributed by atoms with Crippen LogP contribution in [-0.2, 0) is 9.59 Å². The van der Waals surface area contributed by atoms with Crippen LogP contribution in [0.15, 0.2) is 0 Å². The minimum absolute atomic E-state index is 0.0171. The Kier molecular flexibility index (Phi) is 4.26. The maximum absolute atomic E-state index is 11.3. The second-order valence-electron chi connectivity index (χ2n) is 2.75. The highest BCUT2D eigenvalue weighted by atomic mass is 32.1. The minimum atomic E-state index is -0.826. The van der Waals surface area contributed by atoms with Crippen molar-refractivity contribution >= 4 is 45.7 Å². The molecule has 0 atom stereocenters. The number of rotatable bonds is 3. The molecule has 2 amide bonds. The van der Waals surface area contributed by atoms with Crippen LogP contribution in [0.4, 0.5) is 5.13 Å². The molecule has 86 valence electrons. The standard InChI is InChI=1S/C7H9N5O2S2/c1-3-10-7(16-12-3)11-6(14)5(13)9-2-4(8)15/h2H2,1H3,(H2,8,15)(H,9,13)(H,10,11,12,14). The number of anilines is 1. The Bertz CT molecular complexity index is 430. The SMILES string of the molecule is Cc1nsc(NC(=O)C(=O)NCC(N)=S)n1. The van der Waals surface area contributed by atoms with Crippen LogP contribution in [0.2, 0.25) is 0 Å². The number of carbonyl (C=O) groups excluding carboxylic acids is 2. The number of amides is 2. The maximum atomic E-state index is 11.3. The Balaban J connectivity index is 2.46. The Morgan fingerprint density at radius 1 is 1.50 bits per heavy atom. The Labute approximate surface area is 101 Å². The van der Waals surface area contributed by atoms with E-state index in [-0.39, 0.29) is 16.7 Å². The molecule has 1 aromatic rings. The van der Waals surface area contributed by atoms with Gasteiger partial charge in [-0.3, -0.25) is 14.9 Å². The lowest BCUT2D eigenvalue weighted by molar-refractivity contribution is -0.135. The summed E-state index contributed by atoms with van der Waals surface area (Å²) in [5, 5.41) is 4.82. The zero-order valence-electron chi connectivity index (χ0n) is 8.31. The van der Waals surface area contributed by atoms with Crippen LogP contribution >= 0.6 is 23.8 Å². The van der Waals surface area contributed by atoms with Crippen LogP contribution in [0.5, 0.6) is 0 Å². The first kappa shape index (κ1) is 12.5. The van der Waals surface area contributed by atoms with E-state index in [1.165, 1.54) is 0 Å². The van der Waals surface area contributed by atoms with E-state index in [0.29, 0.717) is 5.82 Å². The zero-order valence-corrected chi connectivity index (χ0v) is 9.94. The molecule has 0 unspecified atom stereocenters. The van der Waals surface area contributed by atoms with Crippen LogP contribution in [0, 0.1) is 6.92 Å². The summed E-state index contributed by atoms with van der Waals surface area (Å²) in [6, 6.07) is 0. The lowest BCUT2D eigenvalue weighted by atomic mass is 10.5. The van der Waals surface area contributed by atoms with Crippen LogP contribution in [0.25, 0.3) is 0 Å². The first-order valence-corrected chi connectivity index (χ1v) is 5.35. The fourth-order valence-corrected chi connectivity index (χ4v) is 1.39. The van der Waals surface area contributed by atoms with Gasteiger partial charge in [0.1, 0.15) is 5.82 Å². The molecule has 1 heterocycles. The Morgan fingerprint density at radius 3 is 2.69 bits per heavy atom. The van der Waals surface area contributed by atoms with Gasteiger partial charge in [-0.15, -0.1) is 0 Å². The normalized spacial score (nSPS) is 9.56. The van der Waals surface area contributed by atoms with E-state index in [0.717, 1.165) is 11.5 Å². The molecule has 0 saturated carbocycles. The molecule has 7 nitrogen and oxygen atoms in total. The first-order valence-electron chi connectivity index (χ1n) is 4.17. The molecule has 0 bridgehead atoms. The van der Waals surface area contributed by atoms with E-state index >= 15 is 0 Å². The monoisotopic (exact) mass is 259 g/mol. The van der Waals surface area contributed by atoms with Crippen molar-refractivity contribution in [2.75, 3.05) is 11.9 Å². The van der Waals surface area contributed by atoms with Gasteiger partial charge < -0.3 is 11.1 Å². The summed E-state index contributed by atoms with van der Waals surface area (Å²) in [6.07, 6.45) is 0. The third kappa shape index (κ3) is 3.87. The summed E-state index contributed by atoms with van der Waals surface area (Å²) in [4.78, 5) is 26.4. The molecule has 0 saturated heterocycles. The van der Waals surface area contributed by atoms with Crippen molar-refractivity contribution in [2.45, 2.75) is 6.92 Å². The lowest BCUT2D eigenvalue weighted by Gasteiger charge is -2.02. The minimum Gasteiger partial charge on any atom is -0.392 e. The highest BCUT2D eigenvalue weighted by Crippen LogP contribution is 2.09. The molecule has 0 radical (unpaired) electrons. The molecule has 9 heteroatoms. The molecule has 1 aromatic heterocycles. The number of thiocarbonyl (C=S) groups is 1. The summed E-state index contributed by atoms with van der Waals surface area (Å²) in [6.45, 7) is 1.66. The summed E-state index contributed by atoms with van der Waals surface area (Å²) >= 11 is 5.54. The quantitative estimate of drug-likeness (QED) is 0.483. The maximum Gasteiger partial charge on any atom is 0.315 e. The lowest BCUT2D eigenvalue weighted by Crippen LogP contribution is -2.39. The number of hydrogen-bond acceptors (Lipinski definition) is 6. The topological polar surface area (TPSA) is 110 Å². The van der Waals surface area contributed by atoms with Gasteiger partial charge in [-0.1, -0.05) is 12.2 Å². The second kappa shape index (κ2) is 5.47. The van der Waals surface area contributed by atoms with Crippen LogP contribution in [-0.4, -0.2) is 32.7 Å². The first-order chi connectivity index (χ1) is 7.49. The van der Waals surface area contributed by atoms with Gasteiger partial charge in [0, 0.05) is 11.5 Å². The number of hydrogen-bond donors (Lipinski definition) is 3. The fraction of sp³-hybridized carbons (Fsp3) is 0.286. The fourth-order valence-electron chi connectivity index (χ4n) is 0.749. The van der Waals surface area contributed by atoms with Crippen molar-refractivity contribution in [3.63, 3.8) is 0 Å². The number of nitrogens with one attached hydrogen (secondary N) is 2. The van der Waals surface area contributed by atoms with E-state index in [2.05, 4.69) is 32.2 Å². The van der Waals surface area contributed by atoms with Gasteiger partial charge in [-0.25, -0.2) is 4.98 Å². The predicted octanol–water partition coefficient (Wildman–Crippen LogP) is -0.813. The largest absolute Gasteiger partial charge is 0.392 e. The summed E-state index contributed by atoms with van der Waals surface area (Å²) < 4.78 is 3.85. The predicted molar refractivity (Wildman–Crippen MR) is 63.1 cm³/mol. The molecular formula is C7H9N5O2S2. The van der Waals surface area contributed by atoms with Gasteiger partial charge >= 0.3 is 11.8 Å². The Hall–Kier alpha value is -1.61. The highest BCUT2D eigenvalue weighted by molar-refractivity contribution is 7.80. The van der Waals surface area contributed by atoms with Gasteiger partial charge in [-0.2, -0.15) is 4.37 Å². The summed E-state index contributed by atoms with van der Waals surface area (Å²) in [5.41, 5.74) is 5.16. The van der Waals surface area contributed by atoms with Crippen LogP contribution in [0.1, 0.15) is 5.82 Å². The third-order valence-corrected chi connectivity index (χ3v) is 2.24. The van der Waals surface area contributed by atoms with E-state index in [4.69, 9.17) is 5.73 Å². The van der Waals surface area contributed by atoms with Crippen LogP contribution in [0.3, 0.4) is 0 Å². The van der Waals surface area contributed by atoms with Crippen molar-refractivity contribution in [1.29, 1.82) is 0 Å². The van der Waals surface area contributed by atoms with Crippen molar-refractivity contribution in [2.24, 2.45) is 5.73 Å².